The van der Waals surface area contributed by atoms with Crippen molar-refractivity contribution < 1.29 is 0 Å². The molecule has 1 saturated carbocycles. The van der Waals surface area contributed by atoms with E-state index in [1.165, 1.54) is 30.7 Å². The van der Waals surface area contributed by atoms with E-state index in [1.807, 2.05) is 0 Å². The lowest BCUT2D eigenvalue weighted by atomic mass is 9.90. The van der Waals surface area contributed by atoms with Gasteiger partial charge >= 0.3 is 0 Å². The van der Waals surface area contributed by atoms with E-state index in [1.54, 1.807) is 11.3 Å². The lowest BCUT2D eigenvalue weighted by Crippen LogP contribution is -2.16. The third kappa shape index (κ3) is 2.94. The lowest BCUT2D eigenvalue weighted by Gasteiger charge is -2.19. The summed E-state index contributed by atoms with van der Waals surface area (Å²) in [5.74, 6) is 2.30. The van der Waals surface area contributed by atoms with Crippen LogP contribution in [0, 0.1) is 18.8 Å². The minimum Gasteiger partial charge on any atom is -0.247 e. The maximum absolute atomic E-state index is 6.08. The highest BCUT2D eigenvalue weighted by Crippen LogP contribution is 2.34. The van der Waals surface area contributed by atoms with Crippen LogP contribution in [0.2, 0.25) is 0 Å². The molecule has 0 saturated heterocycles. The second kappa shape index (κ2) is 5.31. The van der Waals surface area contributed by atoms with E-state index >= 15 is 0 Å². The van der Waals surface area contributed by atoms with Gasteiger partial charge in [0.1, 0.15) is 0 Å². The highest BCUT2D eigenvalue weighted by atomic mass is 35.5. The van der Waals surface area contributed by atoms with Crippen LogP contribution < -0.4 is 0 Å². The molecule has 1 heterocycles. The standard InChI is InChI=1S/C12H18ClNS/c1-9-8-15-12(14-9)6-11(7-13)10-4-2-3-5-10/h8,10-11H,2-7H2,1H3. The third-order valence-corrected chi connectivity index (χ3v) is 4.75. The number of aryl methyl sites for hydroxylation is 1. The zero-order chi connectivity index (χ0) is 10.7. The van der Waals surface area contributed by atoms with Crippen molar-refractivity contribution in [3.05, 3.63) is 16.1 Å². The van der Waals surface area contributed by atoms with Crippen LogP contribution in [-0.4, -0.2) is 10.9 Å². The zero-order valence-corrected chi connectivity index (χ0v) is 10.8. The number of aromatic nitrogens is 1. The van der Waals surface area contributed by atoms with Gasteiger partial charge in [0.15, 0.2) is 0 Å². The number of hydrogen-bond donors (Lipinski definition) is 0. The van der Waals surface area contributed by atoms with E-state index in [-0.39, 0.29) is 0 Å². The summed E-state index contributed by atoms with van der Waals surface area (Å²) in [4.78, 5) is 4.53. The van der Waals surface area contributed by atoms with Crippen molar-refractivity contribution in [2.45, 2.75) is 39.0 Å². The van der Waals surface area contributed by atoms with Gasteiger partial charge in [0, 0.05) is 23.4 Å². The first-order chi connectivity index (χ1) is 7.29. The van der Waals surface area contributed by atoms with Crippen LogP contribution in [0.4, 0.5) is 0 Å². The van der Waals surface area contributed by atoms with Crippen molar-refractivity contribution in [2.24, 2.45) is 11.8 Å². The molecule has 0 bridgehead atoms. The van der Waals surface area contributed by atoms with Crippen LogP contribution in [0.5, 0.6) is 0 Å². The highest BCUT2D eigenvalue weighted by Gasteiger charge is 2.25. The molecule has 0 spiro atoms. The van der Waals surface area contributed by atoms with Gasteiger partial charge in [-0.15, -0.1) is 22.9 Å². The molecule has 1 unspecified atom stereocenters. The Kier molecular flexibility index (Phi) is 4.04. The molecule has 3 heteroatoms. The van der Waals surface area contributed by atoms with Crippen LogP contribution >= 0.6 is 22.9 Å². The van der Waals surface area contributed by atoms with E-state index in [2.05, 4.69) is 17.3 Å². The van der Waals surface area contributed by atoms with Gasteiger partial charge in [-0.1, -0.05) is 25.7 Å². The van der Waals surface area contributed by atoms with E-state index in [9.17, 15) is 0 Å². The average Bonchev–Trinajstić information content (AvgIpc) is 2.85. The fraction of sp³-hybridized carbons (Fsp3) is 0.750. The molecule has 84 valence electrons. The van der Waals surface area contributed by atoms with Gasteiger partial charge in [-0.05, 0) is 18.8 Å². The summed E-state index contributed by atoms with van der Waals surface area (Å²) < 4.78 is 0. The molecule has 15 heavy (non-hydrogen) atoms. The number of nitrogens with zero attached hydrogens (tertiary/aromatic N) is 1. The molecule has 1 atom stereocenters. The summed E-state index contributed by atoms with van der Waals surface area (Å²) in [5.41, 5.74) is 1.15. The first kappa shape index (κ1) is 11.4. The summed E-state index contributed by atoms with van der Waals surface area (Å²) in [5, 5.41) is 3.40. The fourth-order valence-corrected chi connectivity index (χ4v) is 3.72. The first-order valence-corrected chi connectivity index (χ1v) is 7.18. The predicted molar refractivity (Wildman–Crippen MR) is 66.7 cm³/mol. The van der Waals surface area contributed by atoms with Crippen LogP contribution in [-0.2, 0) is 6.42 Å². The maximum Gasteiger partial charge on any atom is 0.0931 e. The van der Waals surface area contributed by atoms with E-state index in [0.29, 0.717) is 5.92 Å². The molecule has 2 rings (SSSR count). The normalized spacial score (nSPS) is 19.6. The Hall–Kier alpha value is -0.0800. The summed E-state index contributed by atoms with van der Waals surface area (Å²) in [6, 6.07) is 0. The van der Waals surface area contributed by atoms with Gasteiger partial charge < -0.3 is 0 Å². The van der Waals surface area contributed by atoms with Gasteiger partial charge in [0.25, 0.3) is 0 Å². The number of hydrogen-bond acceptors (Lipinski definition) is 2. The van der Waals surface area contributed by atoms with Crippen molar-refractivity contribution in [3.63, 3.8) is 0 Å². The molecule has 1 aromatic heterocycles. The predicted octanol–water partition coefficient (Wildman–Crippen LogP) is 4.04. The Labute approximate surface area is 101 Å². The smallest absolute Gasteiger partial charge is 0.0931 e. The molecule has 0 radical (unpaired) electrons. The van der Waals surface area contributed by atoms with Crippen LogP contribution in [0.15, 0.2) is 5.38 Å². The van der Waals surface area contributed by atoms with Crippen molar-refractivity contribution in [3.8, 4) is 0 Å². The topological polar surface area (TPSA) is 12.9 Å². The Morgan fingerprint density at radius 3 is 2.80 bits per heavy atom. The van der Waals surface area contributed by atoms with E-state index in [4.69, 9.17) is 11.6 Å². The molecule has 1 aliphatic rings. The molecule has 1 aromatic rings. The Balaban J connectivity index is 1.95. The number of alkyl halides is 1. The van der Waals surface area contributed by atoms with Gasteiger partial charge in [-0.25, -0.2) is 4.98 Å². The largest absolute Gasteiger partial charge is 0.247 e. The zero-order valence-electron chi connectivity index (χ0n) is 9.21. The Morgan fingerprint density at radius 2 is 2.27 bits per heavy atom. The maximum atomic E-state index is 6.08. The molecule has 0 amide bonds. The summed E-state index contributed by atoms with van der Waals surface area (Å²) >= 11 is 7.86. The summed E-state index contributed by atoms with van der Waals surface area (Å²) in [6.07, 6.45) is 6.64. The van der Waals surface area contributed by atoms with E-state index < -0.39 is 0 Å². The minimum atomic E-state index is 0.653. The number of thiazole rings is 1. The van der Waals surface area contributed by atoms with Crippen molar-refractivity contribution in [1.82, 2.24) is 4.98 Å². The minimum absolute atomic E-state index is 0.653. The summed E-state index contributed by atoms with van der Waals surface area (Å²) in [6.45, 7) is 2.06. The number of rotatable bonds is 4. The molecule has 0 aromatic carbocycles. The van der Waals surface area contributed by atoms with Crippen LogP contribution in [0.3, 0.4) is 0 Å². The second-order valence-corrected chi connectivity index (χ2v) is 5.80. The SMILES string of the molecule is Cc1csc(CC(CCl)C2CCCC2)n1. The van der Waals surface area contributed by atoms with Gasteiger partial charge in [-0.3, -0.25) is 0 Å². The van der Waals surface area contributed by atoms with Gasteiger partial charge in [0.05, 0.1) is 5.01 Å². The monoisotopic (exact) mass is 243 g/mol. The van der Waals surface area contributed by atoms with Gasteiger partial charge in [-0.2, -0.15) is 0 Å². The lowest BCUT2D eigenvalue weighted by molar-refractivity contribution is 0.368. The Morgan fingerprint density at radius 1 is 1.53 bits per heavy atom. The van der Waals surface area contributed by atoms with Crippen molar-refractivity contribution in [1.29, 1.82) is 0 Å². The Bertz CT molecular complexity index is 304. The van der Waals surface area contributed by atoms with Crippen molar-refractivity contribution in [2.75, 3.05) is 5.88 Å². The second-order valence-electron chi connectivity index (χ2n) is 4.55. The summed E-state index contributed by atoms with van der Waals surface area (Å²) in [7, 11) is 0. The third-order valence-electron chi connectivity index (χ3n) is 3.37. The van der Waals surface area contributed by atoms with E-state index in [0.717, 1.165) is 23.9 Å². The fourth-order valence-electron chi connectivity index (χ4n) is 2.50. The molecule has 0 N–H and O–H groups in total. The highest BCUT2D eigenvalue weighted by molar-refractivity contribution is 7.09. The van der Waals surface area contributed by atoms with Gasteiger partial charge in [0.2, 0.25) is 0 Å². The quantitative estimate of drug-likeness (QED) is 0.728. The van der Waals surface area contributed by atoms with Crippen LogP contribution in [0.25, 0.3) is 0 Å². The molecular formula is C12H18ClNS. The van der Waals surface area contributed by atoms with Crippen molar-refractivity contribution >= 4 is 22.9 Å². The first-order valence-electron chi connectivity index (χ1n) is 5.76. The molecule has 1 nitrogen and oxygen atoms in total. The number of halogens is 1. The average molecular weight is 244 g/mol. The molecule has 0 aliphatic heterocycles. The molecule has 1 fully saturated rings. The molecule has 1 aliphatic carbocycles. The van der Waals surface area contributed by atoms with Crippen LogP contribution in [0.1, 0.15) is 36.4 Å². The molecular weight excluding hydrogens is 226 g/mol.